The summed E-state index contributed by atoms with van der Waals surface area (Å²) < 4.78 is 0. The van der Waals surface area contributed by atoms with Gasteiger partial charge in [-0.3, -0.25) is 15.0 Å². The number of likely N-dealkylation sites (tertiary alicyclic amines) is 1. The molecule has 1 aromatic heterocycles. The van der Waals surface area contributed by atoms with Crippen LogP contribution in [0.4, 0.5) is 0 Å². The molecule has 1 saturated heterocycles. The van der Waals surface area contributed by atoms with E-state index in [4.69, 9.17) is 5.84 Å². The maximum atomic E-state index is 11.6. The summed E-state index contributed by atoms with van der Waals surface area (Å²) in [4.78, 5) is 28.7. The van der Waals surface area contributed by atoms with Crippen LogP contribution in [0.2, 0.25) is 0 Å². The van der Waals surface area contributed by atoms with Crippen molar-refractivity contribution in [1.82, 2.24) is 15.3 Å². The molecule has 2 amide bonds. The highest BCUT2D eigenvalue weighted by atomic mass is 32.1. The minimum Gasteiger partial charge on any atom is -0.337 e. The second-order valence-corrected chi connectivity index (χ2v) is 4.75. The fourth-order valence-corrected chi connectivity index (χ4v) is 2.48. The maximum absolute atomic E-state index is 11.6. The first-order chi connectivity index (χ1) is 8.20. The van der Waals surface area contributed by atoms with Gasteiger partial charge in [0.05, 0.1) is 12.2 Å². The van der Waals surface area contributed by atoms with Crippen molar-refractivity contribution < 1.29 is 9.59 Å². The van der Waals surface area contributed by atoms with Crippen LogP contribution in [0.3, 0.4) is 0 Å². The van der Waals surface area contributed by atoms with Crippen molar-refractivity contribution in [3.05, 3.63) is 16.1 Å². The standard InChI is InChI=1S/C10H14N4O2S/c11-13-9(16)10-12-7(6-17-10)5-14-4-2-1-3-8(14)15/h6H,1-5,11H2,(H,13,16). The van der Waals surface area contributed by atoms with E-state index in [2.05, 4.69) is 4.98 Å². The fraction of sp³-hybridized carbons (Fsp3) is 0.500. The first kappa shape index (κ1) is 12.0. The highest BCUT2D eigenvalue weighted by Gasteiger charge is 2.19. The van der Waals surface area contributed by atoms with Gasteiger partial charge in [0, 0.05) is 18.3 Å². The van der Waals surface area contributed by atoms with E-state index >= 15 is 0 Å². The first-order valence-corrected chi connectivity index (χ1v) is 6.32. The van der Waals surface area contributed by atoms with Crippen molar-refractivity contribution in [3.63, 3.8) is 0 Å². The third kappa shape index (κ3) is 2.80. The number of piperidine rings is 1. The Morgan fingerprint density at radius 2 is 2.41 bits per heavy atom. The van der Waals surface area contributed by atoms with E-state index < -0.39 is 5.91 Å². The summed E-state index contributed by atoms with van der Waals surface area (Å²) in [6.07, 6.45) is 2.61. The maximum Gasteiger partial charge on any atom is 0.294 e. The van der Waals surface area contributed by atoms with E-state index in [1.54, 1.807) is 10.3 Å². The van der Waals surface area contributed by atoms with Gasteiger partial charge in [0.1, 0.15) is 0 Å². The van der Waals surface area contributed by atoms with Gasteiger partial charge in [0.15, 0.2) is 5.01 Å². The molecule has 3 N–H and O–H groups in total. The number of thiazole rings is 1. The number of amides is 2. The Bertz CT molecular complexity index is 432. The Morgan fingerprint density at radius 1 is 1.59 bits per heavy atom. The number of nitrogens with two attached hydrogens (primary N) is 1. The molecule has 0 aliphatic carbocycles. The highest BCUT2D eigenvalue weighted by Crippen LogP contribution is 2.16. The fourth-order valence-electron chi connectivity index (χ4n) is 1.77. The monoisotopic (exact) mass is 254 g/mol. The molecule has 2 rings (SSSR count). The summed E-state index contributed by atoms with van der Waals surface area (Å²) in [6.45, 7) is 1.25. The van der Waals surface area contributed by atoms with Crippen LogP contribution in [0.25, 0.3) is 0 Å². The molecule has 0 unspecified atom stereocenters. The molecular formula is C10H14N4O2S. The Balaban J connectivity index is 2.01. The van der Waals surface area contributed by atoms with Gasteiger partial charge < -0.3 is 4.90 Å². The number of carbonyl (C=O) groups excluding carboxylic acids is 2. The number of nitrogens with one attached hydrogen (secondary N) is 1. The van der Waals surface area contributed by atoms with E-state index in [9.17, 15) is 9.59 Å². The lowest BCUT2D eigenvalue weighted by Crippen LogP contribution is -2.34. The van der Waals surface area contributed by atoms with Gasteiger partial charge in [-0.05, 0) is 12.8 Å². The third-order valence-corrected chi connectivity index (χ3v) is 3.54. The van der Waals surface area contributed by atoms with Crippen LogP contribution in [-0.2, 0) is 11.3 Å². The summed E-state index contributed by atoms with van der Waals surface area (Å²) >= 11 is 1.23. The van der Waals surface area contributed by atoms with Crippen LogP contribution in [-0.4, -0.2) is 28.2 Å². The zero-order valence-corrected chi connectivity index (χ0v) is 10.1. The Hall–Kier alpha value is -1.47. The molecular weight excluding hydrogens is 240 g/mol. The quantitative estimate of drug-likeness (QED) is 0.460. The largest absolute Gasteiger partial charge is 0.337 e. The number of carbonyl (C=O) groups is 2. The van der Waals surface area contributed by atoms with Crippen molar-refractivity contribution in [2.24, 2.45) is 5.84 Å². The Morgan fingerprint density at radius 3 is 3.12 bits per heavy atom. The van der Waals surface area contributed by atoms with Crippen LogP contribution < -0.4 is 11.3 Å². The summed E-state index contributed by atoms with van der Waals surface area (Å²) in [5, 5.41) is 2.11. The van der Waals surface area contributed by atoms with Gasteiger partial charge in [-0.15, -0.1) is 11.3 Å². The van der Waals surface area contributed by atoms with Crippen molar-refractivity contribution in [1.29, 1.82) is 0 Å². The lowest BCUT2D eigenvalue weighted by atomic mass is 10.1. The molecule has 1 aromatic rings. The van der Waals surface area contributed by atoms with Crippen molar-refractivity contribution in [3.8, 4) is 0 Å². The van der Waals surface area contributed by atoms with Crippen LogP contribution in [0.1, 0.15) is 34.8 Å². The topological polar surface area (TPSA) is 88.3 Å². The second-order valence-electron chi connectivity index (χ2n) is 3.89. The van der Waals surface area contributed by atoms with Crippen molar-refractivity contribution >= 4 is 23.2 Å². The lowest BCUT2D eigenvalue weighted by molar-refractivity contribution is -0.133. The molecule has 0 atom stereocenters. The molecule has 0 saturated carbocycles. The van der Waals surface area contributed by atoms with E-state index in [0.717, 1.165) is 25.1 Å². The Kier molecular flexibility index (Phi) is 3.70. The zero-order chi connectivity index (χ0) is 12.3. The summed E-state index contributed by atoms with van der Waals surface area (Å²) in [5.41, 5.74) is 2.78. The zero-order valence-electron chi connectivity index (χ0n) is 9.31. The molecule has 0 spiro atoms. The van der Waals surface area contributed by atoms with Crippen molar-refractivity contribution in [2.75, 3.05) is 6.54 Å². The minimum atomic E-state index is -0.397. The molecule has 1 aliphatic heterocycles. The normalized spacial score (nSPS) is 16.1. The average molecular weight is 254 g/mol. The molecule has 7 heteroatoms. The van der Waals surface area contributed by atoms with Gasteiger partial charge in [-0.2, -0.15) is 0 Å². The Labute approximate surface area is 103 Å². The molecule has 6 nitrogen and oxygen atoms in total. The minimum absolute atomic E-state index is 0.161. The number of nitrogens with zero attached hydrogens (tertiary/aromatic N) is 2. The van der Waals surface area contributed by atoms with Gasteiger partial charge in [-0.1, -0.05) is 0 Å². The van der Waals surface area contributed by atoms with Crippen LogP contribution in [0.15, 0.2) is 5.38 Å². The van der Waals surface area contributed by atoms with Crippen molar-refractivity contribution in [2.45, 2.75) is 25.8 Å². The van der Waals surface area contributed by atoms with Gasteiger partial charge in [0.25, 0.3) is 5.91 Å². The molecule has 1 aliphatic rings. The summed E-state index contributed by atoms with van der Waals surface area (Å²) in [5.74, 6) is 4.79. The molecule has 92 valence electrons. The van der Waals surface area contributed by atoms with E-state index in [-0.39, 0.29) is 5.91 Å². The van der Waals surface area contributed by atoms with E-state index in [0.29, 0.717) is 18.0 Å². The lowest BCUT2D eigenvalue weighted by Gasteiger charge is -2.25. The van der Waals surface area contributed by atoms with Gasteiger partial charge in [0.2, 0.25) is 5.91 Å². The van der Waals surface area contributed by atoms with Gasteiger partial charge >= 0.3 is 0 Å². The second kappa shape index (κ2) is 5.24. The van der Waals surface area contributed by atoms with Crippen LogP contribution >= 0.6 is 11.3 Å². The SMILES string of the molecule is NNC(=O)c1nc(CN2CCCCC2=O)cs1. The predicted molar refractivity (Wildman–Crippen MR) is 63.0 cm³/mol. The number of hydrazine groups is 1. The van der Waals surface area contributed by atoms with Crippen LogP contribution in [0, 0.1) is 0 Å². The molecule has 17 heavy (non-hydrogen) atoms. The van der Waals surface area contributed by atoms with E-state index in [1.165, 1.54) is 11.3 Å². The number of nitrogen functional groups attached to an aromatic ring is 1. The molecule has 0 aromatic carbocycles. The first-order valence-electron chi connectivity index (χ1n) is 5.44. The predicted octanol–water partition coefficient (Wildman–Crippen LogP) is 0.259. The smallest absolute Gasteiger partial charge is 0.294 e. The molecule has 1 fully saturated rings. The molecule has 0 radical (unpaired) electrons. The number of rotatable bonds is 3. The number of hydrogen-bond donors (Lipinski definition) is 2. The third-order valence-electron chi connectivity index (χ3n) is 2.65. The van der Waals surface area contributed by atoms with Crippen LogP contribution in [0.5, 0.6) is 0 Å². The summed E-state index contributed by atoms with van der Waals surface area (Å²) in [7, 11) is 0. The average Bonchev–Trinajstić information content (AvgIpc) is 2.80. The summed E-state index contributed by atoms with van der Waals surface area (Å²) in [6, 6.07) is 0. The molecule has 0 bridgehead atoms. The molecule has 2 heterocycles. The number of aromatic nitrogens is 1. The van der Waals surface area contributed by atoms with E-state index in [1.807, 2.05) is 5.43 Å². The number of hydrogen-bond acceptors (Lipinski definition) is 5. The van der Waals surface area contributed by atoms with Gasteiger partial charge in [-0.25, -0.2) is 10.8 Å². The highest BCUT2D eigenvalue weighted by molar-refractivity contribution is 7.11.